The molecule has 0 radical (unpaired) electrons. The summed E-state index contributed by atoms with van der Waals surface area (Å²) in [6.45, 7) is 0.884. The fourth-order valence-corrected chi connectivity index (χ4v) is 3.63. The van der Waals surface area contributed by atoms with E-state index in [4.69, 9.17) is 4.74 Å². The third kappa shape index (κ3) is 2.82. The molecular formula is C13H17N5O3S. The van der Waals surface area contributed by atoms with Gasteiger partial charge >= 0.3 is 0 Å². The van der Waals surface area contributed by atoms with E-state index in [9.17, 15) is 8.42 Å². The second-order valence-electron chi connectivity index (χ2n) is 4.88. The fourth-order valence-electron chi connectivity index (χ4n) is 2.30. The number of hydrogen-bond acceptors (Lipinski definition) is 6. The lowest BCUT2D eigenvalue weighted by molar-refractivity contribution is -0.00492. The smallest absolute Gasteiger partial charge is 0.246 e. The predicted octanol–water partition coefficient (Wildman–Crippen LogP) is 0.609. The minimum atomic E-state index is -3.55. The zero-order chi connectivity index (χ0) is 15.6. The van der Waals surface area contributed by atoms with Crippen LogP contribution in [-0.4, -0.2) is 54.6 Å². The average molecular weight is 323 g/mol. The Hall–Kier alpha value is -1.97. The van der Waals surface area contributed by atoms with Gasteiger partial charge in [0.2, 0.25) is 10.0 Å². The first-order chi connectivity index (χ1) is 10.6. The molecule has 1 fully saturated rings. The molecule has 2 aromatic rings. The van der Waals surface area contributed by atoms with Crippen molar-refractivity contribution in [1.82, 2.24) is 19.5 Å². The van der Waals surface area contributed by atoms with Crippen molar-refractivity contribution in [2.75, 3.05) is 32.1 Å². The molecule has 118 valence electrons. The molecule has 3 heterocycles. The van der Waals surface area contributed by atoms with Crippen LogP contribution in [0.4, 0.5) is 5.69 Å². The molecule has 22 heavy (non-hydrogen) atoms. The van der Waals surface area contributed by atoms with Crippen molar-refractivity contribution in [1.29, 1.82) is 0 Å². The molecule has 1 aliphatic heterocycles. The van der Waals surface area contributed by atoms with Crippen LogP contribution in [0.25, 0.3) is 0 Å². The first-order valence-corrected chi connectivity index (χ1v) is 8.29. The number of morpholine rings is 1. The van der Waals surface area contributed by atoms with Crippen LogP contribution in [0.3, 0.4) is 0 Å². The largest absolute Gasteiger partial charge is 0.387 e. The van der Waals surface area contributed by atoms with E-state index in [0.29, 0.717) is 18.8 Å². The Balaban J connectivity index is 1.79. The summed E-state index contributed by atoms with van der Waals surface area (Å²) in [6, 6.07) is 3.72. The minimum Gasteiger partial charge on any atom is -0.387 e. The van der Waals surface area contributed by atoms with Crippen molar-refractivity contribution in [3.8, 4) is 0 Å². The van der Waals surface area contributed by atoms with Gasteiger partial charge in [0.05, 0.1) is 30.4 Å². The molecule has 0 unspecified atom stereocenters. The number of sulfonamides is 1. The first kappa shape index (κ1) is 14.9. The highest BCUT2D eigenvalue weighted by atomic mass is 32.2. The Bertz CT molecular complexity index is 715. The summed E-state index contributed by atoms with van der Waals surface area (Å²) in [6.07, 6.45) is 4.00. The number of rotatable bonds is 4. The predicted molar refractivity (Wildman–Crippen MR) is 79.8 cm³/mol. The molecule has 3 rings (SSSR count). The van der Waals surface area contributed by atoms with E-state index in [1.165, 1.54) is 16.7 Å². The van der Waals surface area contributed by atoms with Crippen molar-refractivity contribution in [2.24, 2.45) is 0 Å². The Labute approximate surface area is 128 Å². The maximum atomic E-state index is 12.5. The molecule has 0 aliphatic carbocycles. The van der Waals surface area contributed by atoms with Crippen LogP contribution >= 0.6 is 0 Å². The van der Waals surface area contributed by atoms with E-state index in [1.54, 1.807) is 6.20 Å². The SMILES string of the molecule is CNc1ccc([C@H]2CN(S(=O)(=O)c3cn[nH]c3)CCO2)nc1. The second-order valence-corrected chi connectivity index (χ2v) is 6.82. The Morgan fingerprint density at radius 2 is 2.27 bits per heavy atom. The monoisotopic (exact) mass is 323 g/mol. The maximum Gasteiger partial charge on any atom is 0.246 e. The zero-order valence-electron chi connectivity index (χ0n) is 12.1. The standard InChI is InChI=1S/C13H17N5O3S/c1-14-10-2-3-12(15-6-10)13-9-18(4-5-21-13)22(19,20)11-7-16-17-8-11/h2-3,6-8,13-14H,4-5,9H2,1H3,(H,16,17)/t13-/m1/s1. The first-order valence-electron chi connectivity index (χ1n) is 6.85. The van der Waals surface area contributed by atoms with Gasteiger partial charge in [0.25, 0.3) is 0 Å². The summed E-state index contributed by atoms with van der Waals surface area (Å²) in [4.78, 5) is 4.48. The molecule has 0 amide bonds. The molecule has 1 saturated heterocycles. The summed E-state index contributed by atoms with van der Waals surface area (Å²) in [5.74, 6) is 0. The number of aromatic amines is 1. The molecule has 0 saturated carbocycles. The number of nitrogens with one attached hydrogen (secondary N) is 2. The molecule has 0 aromatic carbocycles. The lowest BCUT2D eigenvalue weighted by atomic mass is 10.2. The number of nitrogens with zero attached hydrogens (tertiary/aromatic N) is 3. The van der Waals surface area contributed by atoms with Crippen LogP contribution in [0.15, 0.2) is 35.6 Å². The van der Waals surface area contributed by atoms with Gasteiger partial charge in [0.1, 0.15) is 11.0 Å². The molecule has 9 heteroatoms. The summed E-state index contributed by atoms with van der Waals surface area (Å²) in [5.41, 5.74) is 1.61. The summed E-state index contributed by atoms with van der Waals surface area (Å²) < 4.78 is 32.1. The summed E-state index contributed by atoms with van der Waals surface area (Å²) in [5, 5.41) is 9.21. The van der Waals surface area contributed by atoms with Gasteiger partial charge in [0.15, 0.2) is 0 Å². The van der Waals surface area contributed by atoms with Gasteiger partial charge < -0.3 is 10.1 Å². The van der Waals surface area contributed by atoms with E-state index in [1.807, 2.05) is 19.2 Å². The van der Waals surface area contributed by atoms with E-state index in [-0.39, 0.29) is 17.5 Å². The van der Waals surface area contributed by atoms with Crippen LogP contribution < -0.4 is 5.32 Å². The third-order valence-corrected chi connectivity index (χ3v) is 5.38. The Morgan fingerprint density at radius 3 is 2.91 bits per heavy atom. The molecule has 2 N–H and O–H groups in total. The van der Waals surface area contributed by atoms with Gasteiger partial charge in [-0.25, -0.2) is 8.42 Å². The Kier molecular flexibility index (Phi) is 4.10. The van der Waals surface area contributed by atoms with E-state index < -0.39 is 10.0 Å². The van der Waals surface area contributed by atoms with Gasteiger partial charge in [-0.3, -0.25) is 10.1 Å². The normalized spacial score (nSPS) is 20.0. The van der Waals surface area contributed by atoms with Crippen molar-refractivity contribution in [3.05, 3.63) is 36.4 Å². The maximum absolute atomic E-state index is 12.5. The molecule has 0 bridgehead atoms. The third-order valence-electron chi connectivity index (χ3n) is 3.55. The number of H-pyrrole nitrogens is 1. The van der Waals surface area contributed by atoms with Crippen LogP contribution in [-0.2, 0) is 14.8 Å². The van der Waals surface area contributed by atoms with Crippen LogP contribution in [0.2, 0.25) is 0 Å². The lowest BCUT2D eigenvalue weighted by Crippen LogP contribution is -2.42. The van der Waals surface area contributed by atoms with Crippen molar-refractivity contribution >= 4 is 15.7 Å². The number of aromatic nitrogens is 3. The molecule has 1 aliphatic rings. The second kappa shape index (κ2) is 6.03. The molecular weight excluding hydrogens is 306 g/mol. The number of ether oxygens (including phenoxy) is 1. The topological polar surface area (TPSA) is 100 Å². The van der Waals surface area contributed by atoms with Crippen LogP contribution in [0, 0.1) is 0 Å². The van der Waals surface area contributed by atoms with Crippen molar-refractivity contribution in [3.63, 3.8) is 0 Å². The number of hydrogen-bond donors (Lipinski definition) is 2. The highest BCUT2D eigenvalue weighted by molar-refractivity contribution is 7.89. The zero-order valence-corrected chi connectivity index (χ0v) is 12.9. The van der Waals surface area contributed by atoms with Crippen molar-refractivity contribution < 1.29 is 13.2 Å². The van der Waals surface area contributed by atoms with Gasteiger partial charge in [-0.05, 0) is 12.1 Å². The Morgan fingerprint density at radius 1 is 1.41 bits per heavy atom. The van der Waals surface area contributed by atoms with Gasteiger partial charge in [-0.1, -0.05) is 0 Å². The van der Waals surface area contributed by atoms with Gasteiger partial charge in [0, 0.05) is 26.3 Å². The minimum absolute atomic E-state index is 0.159. The summed E-state index contributed by atoms with van der Waals surface area (Å²) in [7, 11) is -1.74. The lowest BCUT2D eigenvalue weighted by Gasteiger charge is -2.31. The average Bonchev–Trinajstić information content (AvgIpc) is 3.10. The van der Waals surface area contributed by atoms with Crippen LogP contribution in [0.5, 0.6) is 0 Å². The van der Waals surface area contributed by atoms with E-state index in [0.717, 1.165) is 5.69 Å². The van der Waals surface area contributed by atoms with Gasteiger partial charge in [-0.15, -0.1) is 0 Å². The van der Waals surface area contributed by atoms with E-state index >= 15 is 0 Å². The van der Waals surface area contributed by atoms with Gasteiger partial charge in [-0.2, -0.15) is 9.40 Å². The molecule has 0 spiro atoms. The molecule has 1 atom stereocenters. The highest BCUT2D eigenvalue weighted by Gasteiger charge is 2.32. The highest BCUT2D eigenvalue weighted by Crippen LogP contribution is 2.25. The molecule has 8 nitrogen and oxygen atoms in total. The summed E-state index contributed by atoms with van der Waals surface area (Å²) >= 11 is 0. The van der Waals surface area contributed by atoms with Crippen molar-refractivity contribution in [2.45, 2.75) is 11.0 Å². The fraction of sp³-hybridized carbons (Fsp3) is 0.385. The van der Waals surface area contributed by atoms with Crippen LogP contribution in [0.1, 0.15) is 11.8 Å². The van der Waals surface area contributed by atoms with E-state index in [2.05, 4.69) is 20.5 Å². The molecule has 2 aromatic heterocycles. The quantitative estimate of drug-likeness (QED) is 0.855. The number of anilines is 1. The number of pyridine rings is 1.